The largest absolute Gasteiger partial charge is 0.332 e. The molecule has 0 N–H and O–H groups in total. The van der Waals surface area contributed by atoms with Crippen molar-refractivity contribution in [2.45, 2.75) is 6.54 Å². The van der Waals surface area contributed by atoms with Gasteiger partial charge >= 0.3 is 0 Å². The monoisotopic (exact) mass is 236 g/mol. The zero-order valence-corrected chi connectivity index (χ0v) is 9.78. The molecular formula is C15H12N2O. The summed E-state index contributed by atoms with van der Waals surface area (Å²) in [7, 11) is 0. The van der Waals surface area contributed by atoms with Crippen molar-refractivity contribution in [2.24, 2.45) is 0 Å². The number of carbonyl (C=O) groups is 1. The molecule has 0 fully saturated rings. The number of nitrogens with zero attached hydrogens (tertiary/aromatic N) is 2. The van der Waals surface area contributed by atoms with Crippen LogP contribution in [-0.4, -0.2) is 15.8 Å². The molecule has 0 amide bonds. The van der Waals surface area contributed by atoms with Gasteiger partial charge in [0.05, 0.1) is 17.9 Å². The highest BCUT2D eigenvalue weighted by molar-refractivity contribution is 5.88. The molecule has 3 heteroatoms. The van der Waals surface area contributed by atoms with Crippen molar-refractivity contribution in [1.82, 2.24) is 9.55 Å². The molecule has 2 aromatic heterocycles. The first-order valence-corrected chi connectivity index (χ1v) is 5.82. The van der Waals surface area contributed by atoms with Crippen LogP contribution in [-0.2, 0) is 6.54 Å². The Balaban J connectivity index is 2.12. The molecule has 3 nitrogen and oxygen atoms in total. The van der Waals surface area contributed by atoms with Crippen molar-refractivity contribution >= 4 is 17.2 Å². The Morgan fingerprint density at radius 1 is 1.11 bits per heavy atom. The number of hydrogen-bond donors (Lipinski definition) is 0. The van der Waals surface area contributed by atoms with Gasteiger partial charge in [0.25, 0.3) is 0 Å². The predicted octanol–water partition coefficient (Wildman–Crippen LogP) is 2.90. The van der Waals surface area contributed by atoms with Gasteiger partial charge in [0.15, 0.2) is 6.29 Å². The summed E-state index contributed by atoms with van der Waals surface area (Å²) >= 11 is 0. The Morgan fingerprint density at radius 2 is 1.94 bits per heavy atom. The van der Waals surface area contributed by atoms with Crippen molar-refractivity contribution in [3.05, 3.63) is 66.1 Å². The molecule has 2 heterocycles. The minimum atomic E-state index is 0.614. The van der Waals surface area contributed by atoms with Gasteiger partial charge < -0.3 is 4.57 Å². The Bertz CT molecular complexity index is 686. The Hall–Kier alpha value is -2.42. The Morgan fingerprint density at radius 3 is 2.72 bits per heavy atom. The van der Waals surface area contributed by atoms with Crippen LogP contribution in [0.15, 0.2) is 54.7 Å². The van der Waals surface area contributed by atoms with Gasteiger partial charge in [-0.3, -0.25) is 9.78 Å². The van der Waals surface area contributed by atoms with E-state index in [0.29, 0.717) is 12.2 Å². The molecule has 3 rings (SSSR count). The zero-order chi connectivity index (χ0) is 12.4. The molecule has 3 aromatic rings. The third kappa shape index (κ3) is 1.80. The molecule has 0 saturated heterocycles. The highest BCUT2D eigenvalue weighted by Gasteiger charge is 2.08. The molecule has 1 aromatic carbocycles. The van der Waals surface area contributed by atoms with E-state index in [-0.39, 0.29) is 0 Å². The minimum absolute atomic E-state index is 0.614. The first kappa shape index (κ1) is 10.7. The van der Waals surface area contributed by atoms with E-state index in [1.165, 1.54) is 0 Å². The van der Waals surface area contributed by atoms with Crippen LogP contribution in [0.1, 0.15) is 16.2 Å². The molecule has 0 atom stereocenters. The molecule has 0 aliphatic heterocycles. The smallest absolute Gasteiger partial charge is 0.166 e. The van der Waals surface area contributed by atoms with Crippen LogP contribution in [0.3, 0.4) is 0 Å². The number of para-hydroxylation sites is 1. The number of fused-ring (bicyclic) bond motifs is 1. The van der Waals surface area contributed by atoms with Gasteiger partial charge in [-0.2, -0.15) is 0 Å². The normalized spacial score (nSPS) is 10.7. The molecule has 88 valence electrons. The lowest BCUT2D eigenvalue weighted by molar-refractivity contribution is 0.111. The minimum Gasteiger partial charge on any atom is -0.332 e. The summed E-state index contributed by atoms with van der Waals surface area (Å²) in [6.07, 6.45) is 2.66. The molecule has 0 bridgehead atoms. The van der Waals surface area contributed by atoms with Gasteiger partial charge in [-0.15, -0.1) is 0 Å². The van der Waals surface area contributed by atoms with E-state index in [2.05, 4.69) is 4.98 Å². The predicted molar refractivity (Wildman–Crippen MR) is 70.7 cm³/mol. The van der Waals surface area contributed by atoms with Crippen LogP contribution >= 0.6 is 0 Å². The quantitative estimate of drug-likeness (QED) is 0.655. The molecule has 18 heavy (non-hydrogen) atoms. The fourth-order valence-electron chi connectivity index (χ4n) is 2.16. The molecule has 0 saturated carbocycles. The molecule has 0 aliphatic rings. The molecule has 0 aliphatic carbocycles. The Labute approximate surface area is 105 Å². The third-order valence-corrected chi connectivity index (χ3v) is 3.01. The first-order valence-electron chi connectivity index (χ1n) is 5.82. The van der Waals surface area contributed by atoms with Crippen LogP contribution in [0, 0.1) is 0 Å². The lowest BCUT2D eigenvalue weighted by Crippen LogP contribution is -2.04. The number of carbonyl (C=O) groups excluding carboxylic acids is 1. The van der Waals surface area contributed by atoms with E-state index < -0.39 is 0 Å². The molecule has 0 unspecified atom stereocenters. The van der Waals surface area contributed by atoms with Crippen molar-refractivity contribution in [1.29, 1.82) is 0 Å². The fraction of sp³-hybridized carbons (Fsp3) is 0.0667. The Kier molecular flexibility index (Phi) is 2.65. The average molecular weight is 236 g/mol. The van der Waals surface area contributed by atoms with Gasteiger partial charge in [-0.1, -0.05) is 24.3 Å². The van der Waals surface area contributed by atoms with Crippen LogP contribution in [0.5, 0.6) is 0 Å². The topological polar surface area (TPSA) is 34.9 Å². The highest BCUT2D eigenvalue weighted by Crippen LogP contribution is 2.19. The lowest BCUT2D eigenvalue weighted by Gasteiger charge is -2.06. The van der Waals surface area contributed by atoms with E-state index in [1.807, 2.05) is 53.1 Å². The average Bonchev–Trinajstić information content (AvgIpc) is 2.78. The summed E-state index contributed by atoms with van der Waals surface area (Å²) < 4.78 is 1.99. The summed E-state index contributed by atoms with van der Waals surface area (Å²) in [5.74, 6) is 0. The fourth-order valence-corrected chi connectivity index (χ4v) is 2.16. The summed E-state index contributed by atoms with van der Waals surface area (Å²) in [5.41, 5.74) is 2.69. The first-order chi connectivity index (χ1) is 8.88. The summed E-state index contributed by atoms with van der Waals surface area (Å²) in [6, 6.07) is 15.7. The lowest BCUT2D eigenvalue weighted by atomic mass is 10.2. The van der Waals surface area contributed by atoms with Crippen LogP contribution in [0.25, 0.3) is 10.9 Å². The second-order valence-electron chi connectivity index (χ2n) is 4.15. The van der Waals surface area contributed by atoms with Gasteiger partial charge in [0.2, 0.25) is 0 Å². The van der Waals surface area contributed by atoms with E-state index in [0.717, 1.165) is 22.9 Å². The van der Waals surface area contributed by atoms with Crippen LogP contribution in [0.4, 0.5) is 0 Å². The number of pyridine rings is 1. The molecule has 0 spiro atoms. The second kappa shape index (κ2) is 4.45. The molecule has 0 radical (unpaired) electrons. The maximum absolute atomic E-state index is 11.1. The third-order valence-electron chi connectivity index (χ3n) is 3.01. The maximum atomic E-state index is 11.1. The van der Waals surface area contributed by atoms with Crippen molar-refractivity contribution < 1.29 is 4.79 Å². The van der Waals surface area contributed by atoms with E-state index in [9.17, 15) is 4.79 Å². The number of rotatable bonds is 3. The van der Waals surface area contributed by atoms with Gasteiger partial charge in [0, 0.05) is 17.1 Å². The standard InChI is InChI=1S/C15H12N2O/c18-11-14-9-12-5-1-2-7-15(12)17(14)10-13-6-3-4-8-16-13/h1-9,11H,10H2. The van der Waals surface area contributed by atoms with Crippen LogP contribution in [0.2, 0.25) is 0 Å². The van der Waals surface area contributed by atoms with Crippen molar-refractivity contribution in [3.8, 4) is 0 Å². The number of aromatic nitrogens is 2. The SMILES string of the molecule is O=Cc1cc2ccccc2n1Cc1ccccn1. The van der Waals surface area contributed by atoms with Crippen molar-refractivity contribution in [2.75, 3.05) is 0 Å². The highest BCUT2D eigenvalue weighted by atomic mass is 16.1. The number of hydrogen-bond acceptors (Lipinski definition) is 2. The van der Waals surface area contributed by atoms with Crippen molar-refractivity contribution in [3.63, 3.8) is 0 Å². The zero-order valence-electron chi connectivity index (χ0n) is 9.78. The van der Waals surface area contributed by atoms with Crippen LogP contribution < -0.4 is 0 Å². The maximum Gasteiger partial charge on any atom is 0.166 e. The van der Waals surface area contributed by atoms with Gasteiger partial charge in [-0.05, 0) is 24.3 Å². The summed E-state index contributed by atoms with van der Waals surface area (Å²) in [4.78, 5) is 15.4. The molecular weight excluding hydrogens is 224 g/mol. The summed E-state index contributed by atoms with van der Waals surface area (Å²) in [6.45, 7) is 0.614. The van der Waals surface area contributed by atoms with E-state index in [1.54, 1.807) is 6.20 Å². The number of benzene rings is 1. The second-order valence-corrected chi connectivity index (χ2v) is 4.15. The van der Waals surface area contributed by atoms with E-state index in [4.69, 9.17) is 0 Å². The summed E-state index contributed by atoms with van der Waals surface area (Å²) in [5, 5.41) is 1.08. The van der Waals surface area contributed by atoms with E-state index >= 15 is 0 Å². The van der Waals surface area contributed by atoms with Gasteiger partial charge in [0.1, 0.15) is 0 Å². The number of aldehydes is 1. The van der Waals surface area contributed by atoms with Gasteiger partial charge in [-0.25, -0.2) is 0 Å².